The molecule has 2 rings (SSSR count). The predicted octanol–water partition coefficient (Wildman–Crippen LogP) is 2.22. The summed E-state index contributed by atoms with van der Waals surface area (Å²) in [7, 11) is 1.60. The number of Topliss-reactive ketones (excluding diaryl/α,β-unsaturated/α-hetero) is 1. The van der Waals surface area contributed by atoms with Gasteiger partial charge in [-0.15, -0.1) is 0 Å². The second kappa shape index (κ2) is 5.40. The molecule has 1 heterocycles. The lowest BCUT2D eigenvalue weighted by Gasteiger charge is -2.08. The number of nitrogens with zero attached hydrogens (tertiary/aromatic N) is 2. The highest BCUT2D eigenvalue weighted by atomic mass is 16.5. The summed E-state index contributed by atoms with van der Waals surface area (Å²) < 4.78 is 5.25. The Kier molecular flexibility index (Phi) is 3.67. The summed E-state index contributed by atoms with van der Waals surface area (Å²) in [6, 6.07) is 5.79. The minimum Gasteiger partial charge on any atom is -0.496 e. The number of hydrogen-bond acceptors (Lipinski definition) is 4. The van der Waals surface area contributed by atoms with E-state index in [4.69, 9.17) is 4.74 Å². The normalized spacial score (nSPS) is 10.1. The summed E-state index contributed by atoms with van der Waals surface area (Å²) in [6.07, 6.45) is 4.75. The van der Waals surface area contributed by atoms with Crippen molar-refractivity contribution in [2.24, 2.45) is 0 Å². The molecule has 0 aliphatic rings. The Balaban J connectivity index is 2.24. The Bertz CT molecular complexity index is 553. The molecule has 0 spiro atoms. The third-order valence-electron chi connectivity index (χ3n) is 2.67. The molecule has 0 radical (unpaired) electrons. The first-order chi connectivity index (χ1) is 8.70. The average Bonchev–Trinajstić information content (AvgIpc) is 2.40. The summed E-state index contributed by atoms with van der Waals surface area (Å²) in [5.41, 5.74) is 2.50. The van der Waals surface area contributed by atoms with E-state index in [9.17, 15) is 4.79 Å². The van der Waals surface area contributed by atoms with Crippen LogP contribution in [0.25, 0.3) is 0 Å². The standard InChI is InChI=1S/C14H14N2O2/c1-10-3-4-14(18-2)11(5-10)6-13(17)12-7-15-9-16-8-12/h3-5,7-9H,6H2,1-2H3. The molecule has 0 fully saturated rings. The molecule has 4 heteroatoms. The lowest BCUT2D eigenvalue weighted by atomic mass is 10.0. The van der Waals surface area contributed by atoms with Gasteiger partial charge in [-0.25, -0.2) is 9.97 Å². The number of hydrogen-bond donors (Lipinski definition) is 0. The van der Waals surface area contributed by atoms with Crippen LogP contribution in [0, 0.1) is 6.92 Å². The van der Waals surface area contributed by atoms with Crippen molar-refractivity contribution in [1.82, 2.24) is 9.97 Å². The molecular formula is C14H14N2O2. The molecule has 0 unspecified atom stereocenters. The number of methoxy groups -OCH3 is 1. The maximum absolute atomic E-state index is 12.1. The quantitative estimate of drug-likeness (QED) is 0.771. The van der Waals surface area contributed by atoms with E-state index in [2.05, 4.69) is 9.97 Å². The molecular weight excluding hydrogens is 228 g/mol. The first-order valence-corrected chi connectivity index (χ1v) is 5.62. The topological polar surface area (TPSA) is 52.1 Å². The van der Waals surface area contributed by atoms with Crippen LogP contribution in [-0.4, -0.2) is 22.9 Å². The maximum atomic E-state index is 12.1. The Morgan fingerprint density at radius 1 is 1.28 bits per heavy atom. The largest absolute Gasteiger partial charge is 0.496 e. The lowest BCUT2D eigenvalue weighted by Crippen LogP contribution is -2.06. The number of benzene rings is 1. The average molecular weight is 242 g/mol. The number of aryl methyl sites for hydroxylation is 1. The molecule has 92 valence electrons. The molecule has 0 aliphatic heterocycles. The van der Waals surface area contributed by atoms with Crippen LogP contribution in [0.3, 0.4) is 0 Å². The molecule has 0 aliphatic carbocycles. The summed E-state index contributed by atoms with van der Waals surface area (Å²) in [5, 5.41) is 0. The van der Waals surface area contributed by atoms with Gasteiger partial charge in [0.15, 0.2) is 5.78 Å². The van der Waals surface area contributed by atoms with E-state index < -0.39 is 0 Å². The zero-order chi connectivity index (χ0) is 13.0. The first-order valence-electron chi connectivity index (χ1n) is 5.62. The van der Waals surface area contributed by atoms with Gasteiger partial charge in [0, 0.05) is 24.4 Å². The van der Waals surface area contributed by atoms with Gasteiger partial charge in [-0.2, -0.15) is 0 Å². The van der Waals surface area contributed by atoms with Crippen LogP contribution in [-0.2, 0) is 6.42 Å². The van der Waals surface area contributed by atoms with E-state index in [1.54, 1.807) is 7.11 Å². The van der Waals surface area contributed by atoms with Gasteiger partial charge in [0.05, 0.1) is 12.7 Å². The molecule has 1 aromatic carbocycles. The van der Waals surface area contributed by atoms with Crippen molar-refractivity contribution in [2.75, 3.05) is 7.11 Å². The van der Waals surface area contributed by atoms with E-state index >= 15 is 0 Å². The number of carbonyl (C=O) groups excluding carboxylic acids is 1. The fraction of sp³-hybridized carbons (Fsp3) is 0.214. The second-order valence-electron chi connectivity index (χ2n) is 4.04. The van der Waals surface area contributed by atoms with Gasteiger partial charge in [-0.05, 0) is 13.0 Å². The zero-order valence-corrected chi connectivity index (χ0v) is 10.4. The number of aromatic nitrogens is 2. The zero-order valence-electron chi connectivity index (χ0n) is 10.4. The van der Waals surface area contributed by atoms with Crippen molar-refractivity contribution in [3.05, 3.63) is 53.6 Å². The molecule has 0 saturated carbocycles. The van der Waals surface area contributed by atoms with Gasteiger partial charge in [-0.3, -0.25) is 4.79 Å². The summed E-state index contributed by atoms with van der Waals surface area (Å²) in [5.74, 6) is 0.713. The number of ketones is 1. The minimum atomic E-state index is -0.0144. The Morgan fingerprint density at radius 3 is 2.67 bits per heavy atom. The van der Waals surface area contributed by atoms with Crippen molar-refractivity contribution in [3.63, 3.8) is 0 Å². The molecule has 1 aromatic heterocycles. The molecule has 18 heavy (non-hydrogen) atoms. The lowest BCUT2D eigenvalue weighted by molar-refractivity contribution is 0.0991. The summed E-state index contributed by atoms with van der Waals surface area (Å²) >= 11 is 0. The molecule has 4 nitrogen and oxygen atoms in total. The Hall–Kier alpha value is -2.23. The molecule has 0 N–H and O–H groups in total. The smallest absolute Gasteiger partial charge is 0.170 e. The van der Waals surface area contributed by atoms with Gasteiger partial charge in [-0.1, -0.05) is 17.7 Å². The Labute approximate surface area is 106 Å². The number of carbonyl (C=O) groups is 1. The second-order valence-corrected chi connectivity index (χ2v) is 4.04. The number of ether oxygens (including phenoxy) is 1. The highest BCUT2D eigenvalue weighted by Crippen LogP contribution is 2.21. The molecule has 0 bridgehead atoms. The van der Waals surface area contributed by atoms with E-state index in [0.717, 1.165) is 16.9 Å². The predicted molar refractivity (Wildman–Crippen MR) is 67.8 cm³/mol. The fourth-order valence-corrected chi connectivity index (χ4v) is 1.76. The van der Waals surface area contributed by atoms with E-state index in [1.165, 1.54) is 18.7 Å². The van der Waals surface area contributed by atoms with Crippen molar-refractivity contribution in [3.8, 4) is 5.75 Å². The van der Waals surface area contributed by atoms with Crippen molar-refractivity contribution < 1.29 is 9.53 Å². The first kappa shape index (κ1) is 12.2. The third-order valence-corrected chi connectivity index (χ3v) is 2.67. The van der Waals surface area contributed by atoms with Crippen LogP contribution in [0.15, 0.2) is 36.9 Å². The molecule has 2 aromatic rings. The number of rotatable bonds is 4. The van der Waals surface area contributed by atoms with Crippen molar-refractivity contribution in [2.45, 2.75) is 13.3 Å². The van der Waals surface area contributed by atoms with Crippen molar-refractivity contribution >= 4 is 5.78 Å². The molecule has 0 saturated heterocycles. The summed E-state index contributed by atoms with van der Waals surface area (Å²) in [4.78, 5) is 19.7. The molecule has 0 amide bonds. The maximum Gasteiger partial charge on any atom is 0.170 e. The van der Waals surface area contributed by atoms with Crippen molar-refractivity contribution in [1.29, 1.82) is 0 Å². The fourth-order valence-electron chi connectivity index (χ4n) is 1.76. The van der Waals surface area contributed by atoms with Crippen LogP contribution in [0.1, 0.15) is 21.5 Å². The van der Waals surface area contributed by atoms with Crippen LogP contribution in [0.4, 0.5) is 0 Å². The van der Waals surface area contributed by atoms with Gasteiger partial charge >= 0.3 is 0 Å². The molecule has 0 atom stereocenters. The van der Waals surface area contributed by atoms with Gasteiger partial charge < -0.3 is 4.74 Å². The highest BCUT2D eigenvalue weighted by Gasteiger charge is 2.11. The Morgan fingerprint density at radius 2 is 2.00 bits per heavy atom. The van der Waals surface area contributed by atoms with Gasteiger partial charge in [0.25, 0.3) is 0 Å². The van der Waals surface area contributed by atoms with Gasteiger partial charge in [0.2, 0.25) is 0 Å². The monoisotopic (exact) mass is 242 g/mol. The van der Waals surface area contributed by atoms with E-state index in [0.29, 0.717) is 5.56 Å². The summed E-state index contributed by atoms with van der Waals surface area (Å²) in [6.45, 7) is 1.99. The van der Waals surface area contributed by atoms with E-state index in [1.807, 2.05) is 25.1 Å². The van der Waals surface area contributed by atoms with Crippen LogP contribution < -0.4 is 4.74 Å². The SMILES string of the molecule is COc1ccc(C)cc1CC(=O)c1cncnc1. The van der Waals surface area contributed by atoms with Crippen LogP contribution >= 0.6 is 0 Å². The van der Waals surface area contributed by atoms with E-state index in [-0.39, 0.29) is 12.2 Å². The van der Waals surface area contributed by atoms with Crippen LogP contribution in [0.2, 0.25) is 0 Å². The third kappa shape index (κ3) is 2.71. The van der Waals surface area contributed by atoms with Crippen LogP contribution in [0.5, 0.6) is 5.75 Å². The highest BCUT2D eigenvalue weighted by molar-refractivity contribution is 5.97. The van der Waals surface area contributed by atoms with Gasteiger partial charge in [0.1, 0.15) is 12.1 Å². The minimum absolute atomic E-state index is 0.0144.